The van der Waals surface area contributed by atoms with E-state index in [0.29, 0.717) is 19.3 Å². The molecule has 0 aromatic heterocycles. The molecular weight excluding hydrogens is 316 g/mol. The van der Waals surface area contributed by atoms with E-state index in [2.05, 4.69) is 19.9 Å². The SMILES string of the molecule is COCC1(O)CCC2C1=CC1(C)CC(=O)C(C(C)C)=C1CC(O)C2C. The van der Waals surface area contributed by atoms with Gasteiger partial charge in [0.25, 0.3) is 0 Å². The van der Waals surface area contributed by atoms with Gasteiger partial charge in [0.05, 0.1) is 12.7 Å². The number of ketones is 1. The Morgan fingerprint density at radius 2 is 2.08 bits per heavy atom. The summed E-state index contributed by atoms with van der Waals surface area (Å²) in [6.45, 7) is 8.52. The summed E-state index contributed by atoms with van der Waals surface area (Å²) >= 11 is 0. The van der Waals surface area contributed by atoms with E-state index in [1.165, 1.54) is 0 Å². The van der Waals surface area contributed by atoms with Gasteiger partial charge in [-0.05, 0) is 48.2 Å². The summed E-state index contributed by atoms with van der Waals surface area (Å²) in [7, 11) is 1.61. The van der Waals surface area contributed by atoms with E-state index in [9.17, 15) is 15.0 Å². The van der Waals surface area contributed by atoms with E-state index < -0.39 is 17.1 Å². The molecule has 140 valence electrons. The number of carbonyl (C=O) groups excluding carboxylic acids is 1. The van der Waals surface area contributed by atoms with Gasteiger partial charge in [-0.15, -0.1) is 0 Å². The molecule has 5 unspecified atom stereocenters. The van der Waals surface area contributed by atoms with Crippen LogP contribution >= 0.6 is 0 Å². The number of fused-ring (bicyclic) bond motifs is 2. The summed E-state index contributed by atoms with van der Waals surface area (Å²) in [6, 6.07) is 0. The minimum absolute atomic E-state index is 0.0540. The number of hydrogen-bond donors (Lipinski definition) is 2. The smallest absolute Gasteiger partial charge is 0.160 e. The van der Waals surface area contributed by atoms with Crippen LogP contribution in [0.25, 0.3) is 0 Å². The molecule has 0 saturated heterocycles. The second-order valence-corrected chi connectivity index (χ2v) is 8.90. The van der Waals surface area contributed by atoms with Crippen LogP contribution < -0.4 is 0 Å². The van der Waals surface area contributed by atoms with Gasteiger partial charge >= 0.3 is 0 Å². The number of aliphatic hydroxyl groups is 2. The summed E-state index contributed by atoms with van der Waals surface area (Å²) in [5, 5.41) is 22.1. The topological polar surface area (TPSA) is 66.8 Å². The van der Waals surface area contributed by atoms with E-state index in [1.54, 1.807) is 7.11 Å². The molecule has 2 N–H and O–H groups in total. The number of carbonyl (C=O) groups is 1. The van der Waals surface area contributed by atoms with Gasteiger partial charge in [-0.2, -0.15) is 0 Å². The second kappa shape index (κ2) is 6.33. The predicted octanol–water partition coefficient (Wildman–Crippen LogP) is 3.03. The van der Waals surface area contributed by atoms with Crippen LogP contribution in [0.3, 0.4) is 0 Å². The molecule has 4 nitrogen and oxygen atoms in total. The Kier molecular flexibility index (Phi) is 4.76. The minimum Gasteiger partial charge on any atom is -0.392 e. The zero-order valence-corrected chi connectivity index (χ0v) is 16.1. The van der Waals surface area contributed by atoms with Crippen molar-refractivity contribution in [2.45, 2.75) is 65.1 Å². The number of rotatable bonds is 3. The molecule has 1 saturated carbocycles. The molecule has 3 aliphatic rings. The van der Waals surface area contributed by atoms with E-state index >= 15 is 0 Å². The lowest BCUT2D eigenvalue weighted by atomic mass is 9.69. The Morgan fingerprint density at radius 1 is 1.40 bits per heavy atom. The van der Waals surface area contributed by atoms with Gasteiger partial charge in [-0.25, -0.2) is 0 Å². The second-order valence-electron chi connectivity index (χ2n) is 8.90. The Balaban J connectivity index is 2.18. The van der Waals surface area contributed by atoms with Crippen LogP contribution in [-0.4, -0.2) is 41.4 Å². The number of ether oxygens (including phenoxy) is 1. The van der Waals surface area contributed by atoms with Crippen molar-refractivity contribution in [1.82, 2.24) is 0 Å². The molecule has 0 radical (unpaired) electrons. The molecule has 3 aliphatic carbocycles. The predicted molar refractivity (Wildman–Crippen MR) is 97.0 cm³/mol. The van der Waals surface area contributed by atoms with Gasteiger partial charge in [-0.1, -0.05) is 39.3 Å². The number of Topliss-reactive ketones (excluding diaryl/α,β-unsaturated/α-hetero) is 1. The van der Waals surface area contributed by atoms with Crippen molar-refractivity contribution in [2.24, 2.45) is 23.2 Å². The third-order valence-electron chi connectivity index (χ3n) is 6.74. The van der Waals surface area contributed by atoms with Crippen molar-refractivity contribution >= 4 is 5.78 Å². The van der Waals surface area contributed by atoms with Crippen molar-refractivity contribution in [2.75, 3.05) is 13.7 Å². The Labute approximate surface area is 151 Å². The molecule has 1 fully saturated rings. The quantitative estimate of drug-likeness (QED) is 0.770. The highest BCUT2D eigenvalue weighted by atomic mass is 16.5. The number of hydrogen-bond acceptors (Lipinski definition) is 4. The minimum atomic E-state index is -0.984. The third kappa shape index (κ3) is 2.92. The maximum absolute atomic E-state index is 12.7. The maximum Gasteiger partial charge on any atom is 0.160 e. The first-order valence-electron chi connectivity index (χ1n) is 9.52. The van der Waals surface area contributed by atoms with Crippen LogP contribution in [0.2, 0.25) is 0 Å². The molecule has 0 heterocycles. The number of aliphatic hydroxyl groups excluding tert-OH is 1. The highest BCUT2D eigenvalue weighted by molar-refractivity contribution is 6.00. The molecule has 0 aliphatic heterocycles. The summed E-state index contributed by atoms with van der Waals surface area (Å²) in [6.07, 6.45) is 4.16. The maximum atomic E-state index is 12.7. The lowest BCUT2D eigenvalue weighted by Crippen LogP contribution is -2.38. The lowest BCUT2D eigenvalue weighted by Gasteiger charge is -2.38. The van der Waals surface area contributed by atoms with Crippen molar-refractivity contribution in [1.29, 1.82) is 0 Å². The van der Waals surface area contributed by atoms with Crippen LogP contribution in [0, 0.1) is 23.2 Å². The molecule has 0 amide bonds. The molecule has 0 aromatic carbocycles. The van der Waals surface area contributed by atoms with Gasteiger partial charge in [0, 0.05) is 18.9 Å². The average molecular weight is 348 g/mol. The molecule has 5 atom stereocenters. The first-order valence-corrected chi connectivity index (χ1v) is 9.52. The fourth-order valence-electron chi connectivity index (χ4n) is 5.39. The molecule has 0 spiro atoms. The van der Waals surface area contributed by atoms with Gasteiger partial charge in [0.15, 0.2) is 5.78 Å². The van der Waals surface area contributed by atoms with Crippen molar-refractivity contribution in [3.8, 4) is 0 Å². The van der Waals surface area contributed by atoms with Crippen LogP contribution in [0.1, 0.15) is 53.4 Å². The first kappa shape index (κ1) is 18.8. The third-order valence-corrected chi connectivity index (χ3v) is 6.74. The van der Waals surface area contributed by atoms with Gasteiger partial charge in [0.1, 0.15) is 5.60 Å². The molecule has 0 bridgehead atoms. The number of allylic oxidation sites excluding steroid dienone is 2. The highest BCUT2D eigenvalue weighted by Crippen LogP contribution is 2.54. The van der Waals surface area contributed by atoms with Crippen LogP contribution in [0.4, 0.5) is 0 Å². The monoisotopic (exact) mass is 348 g/mol. The van der Waals surface area contributed by atoms with E-state index in [4.69, 9.17) is 4.74 Å². The van der Waals surface area contributed by atoms with E-state index in [-0.39, 0.29) is 30.1 Å². The lowest BCUT2D eigenvalue weighted by molar-refractivity contribution is -0.116. The summed E-state index contributed by atoms with van der Waals surface area (Å²) in [5.41, 5.74) is 1.54. The molecule has 0 aromatic rings. The van der Waals surface area contributed by atoms with E-state index in [0.717, 1.165) is 23.1 Å². The normalized spacial score (nSPS) is 41.5. The molecule has 25 heavy (non-hydrogen) atoms. The Morgan fingerprint density at radius 3 is 2.68 bits per heavy atom. The van der Waals surface area contributed by atoms with Crippen LogP contribution in [0.5, 0.6) is 0 Å². The largest absolute Gasteiger partial charge is 0.392 e. The Bertz CT molecular complexity index is 632. The van der Waals surface area contributed by atoms with Crippen molar-refractivity contribution < 1.29 is 19.7 Å². The fourth-order valence-corrected chi connectivity index (χ4v) is 5.39. The molecule has 4 heteroatoms. The number of methoxy groups -OCH3 is 1. The van der Waals surface area contributed by atoms with Crippen molar-refractivity contribution in [3.63, 3.8) is 0 Å². The van der Waals surface area contributed by atoms with Gasteiger partial charge in [-0.3, -0.25) is 4.79 Å². The average Bonchev–Trinajstić information content (AvgIpc) is 2.93. The molecule has 3 rings (SSSR count). The fraction of sp³-hybridized carbons (Fsp3) is 0.762. The van der Waals surface area contributed by atoms with E-state index in [1.807, 2.05) is 13.8 Å². The first-order chi connectivity index (χ1) is 11.6. The summed E-state index contributed by atoms with van der Waals surface area (Å²) in [5.74, 6) is 0.544. The standard InChI is InChI=1S/C21H32O4/c1-12(2)19-15-8-17(22)13(3)14-6-7-21(24,11-25-5)16(14)9-20(15,4)10-18(19)23/h9,12-14,17,22,24H,6-8,10-11H2,1-5H3. The van der Waals surface area contributed by atoms with Crippen LogP contribution in [-0.2, 0) is 9.53 Å². The van der Waals surface area contributed by atoms with Crippen molar-refractivity contribution in [3.05, 3.63) is 22.8 Å². The summed E-state index contributed by atoms with van der Waals surface area (Å²) in [4.78, 5) is 12.7. The zero-order chi connectivity index (χ0) is 18.6. The van der Waals surface area contributed by atoms with Gasteiger partial charge < -0.3 is 14.9 Å². The Hall–Kier alpha value is -0.970. The van der Waals surface area contributed by atoms with Gasteiger partial charge in [0.2, 0.25) is 0 Å². The summed E-state index contributed by atoms with van der Waals surface area (Å²) < 4.78 is 5.30. The highest BCUT2D eigenvalue weighted by Gasteiger charge is 2.51. The molecular formula is C21H32O4. The van der Waals surface area contributed by atoms with Crippen LogP contribution in [0.15, 0.2) is 22.8 Å². The zero-order valence-electron chi connectivity index (χ0n) is 16.1.